The summed E-state index contributed by atoms with van der Waals surface area (Å²) in [6.45, 7) is 0. The third kappa shape index (κ3) is 2.64. The van der Waals surface area contributed by atoms with Gasteiger partial charge in [-0.1, -0.05) is 11.6 Å². The molecule has 1 aliphatic carbocycles. The highest BCUT2D eigenvalue weighted by Gasteiger charge is 2.44. The van der Waals surface area contributed by atoms with E-state index in [4.69, 9.17) is 16.3 Å². The molecule has 0 saturated heterocycles. The first-order chi connectivity index (χ1) is 12.8. The first kappa shape index (κ1) is 18.0. The molecule has 1 aromatic rings. The van der Waals surface area contributed by atoms with Crippen molar-refractivity contribution in [3.8, 4) is 5.75 Å². The number of ether oxygens (including phenoxy) is 1. The number of amides is 3. The van der Waals surface area contributed by atoms with Gasteiger partial charge in [0, 0.05) is 37.2 Å². The molecule has 27 heavy (non-hydrogen) atoms. The lowest BCUT2D eigenvalue weighted by molar-refractivity contribution is -0.135. The van der Waals surface area contributed by atoms with E-state index in [0.29, 0.717) is 24.0 Å². The number of carbonyl (C=O) groups is 3. The van der Waals surface area contributed by atoms with E-state index in [1.165, 1.54) is 4.90 Å². The molecule has 4 rings (SSSR count). The van der Waals surface area contributed by atoms with Gasteiger partial charge in [-0.2, -0.15) is 0 Å². The summed E-state index contributed by atoms with van der Waals surface area (Å²) in [6, 6.07) is 1.02. The Balaban J connectivity index is 1.79. The first-order valence-corrected chi connectivity index (χ1v) is 9.18. The molecule has 142 valence electrons. The number of carbonyl (C=O) groups excluding carboxylic acids is 3. The van der Waals surface area contributed by atoms with Crippen LogP contribution in [-0.4, -0.2) is 42.8 Å². The van der Waals surface area contributed by atoms with Crippen molar-refractivity contribution in [1.82, 2.24) is 4.90 Å². The summed E-state index contributed by atoms with van der Waals surface area (Å²) in [5, 5.41) is 0.0112. The average Bonchev–Trinajstić information content (AvgIpc) is 3.17. The Morgan fingerprint density at radius 3 is 2.37 bits per heavy atom. The molecule has 1 unspecified atom stereocenters. The largest absolute Gasteiger partial charge is 0.478 e. The maximum atomic E-state index is 14.9. The van der Waals surface area contributed by atoms with Crippen LogP contribution in [0.5, 0.6) is 5.75 Å². The van der Waals surface area contributed by atoms with Crippen LogP contribution in [0, 0.1) is 5.82 Å². The van der Waals surface area contributed by atoms with Crippen molar-refractivity contribution in [2.75, 3.05) is 19.0 Å². The molecule has 0 saturated carbocycles. The predicted molar refractivity (Wildman–Crippen MR) is 96.2 cm³/mol. The summed E-state index contributed by atoms with van der Waals surface area (Å²) in [6.07, 6.45) is 1.87. The van der Waals surface area contributed by atoms with Crippen LogP contribution in [0.1, 0.15) is 31.2 Å². The summed E-state index contributed by atoms with van der Waals surface area (Å²) in [5.41, 5.74) is 1.07. The summed E-state index contributed by atoms with van der Waals surface area (Å²) in [7, 11) is 3.17. The van der Waals surface area contributed by atoms with E-state index >= 15 is 0 Å². The Labute approximate surface area is 160 Å². The molecule has 0 fully saturated rings. The Morgan fingerprint density at radius 1 is 1.22 bits per heavy atom. The fourth-order valence-electron chi connectivity index (χ4n) is 3.94. The first-order valence-electron chi connectivity index (χ1n) is 8.80. The molecule has 1 aromatic carbocycles. The maximum absolute atomic E-state index is 14.9. The molecule has 1 atom stereocenters. The van der Waals surface area contributed by atoms with Gasteiger partial charge in [0.1, 0.15) is 11.6 Å². The quantitative estimate of drug-likeness (QED) is 0.726. The van der Waals surface area contributed by atoms with Gasteiger partial charge >= 0.3 is 0 Å². The van der Waals surface area contributed by atoms with Gasteiger partial charge < -0.3 is 9.64 Å². The molecule has 3 aliphatic rings. The third-order valence-electron chi connectivity index (χ3n) is 5.24. The second kappa shape index (κ2) is 6.34. The van der Waals surface area contributed by atoms with Crippen molar-refractivity contribution >= 4 is 35.0 Å². The van der Waals surface area contributed by atoms with Crippen molar-refractivity contribution in [2.45, 2.75) is 38.2 Å². The summed E-state index contributed by atoms with van der Waals surface area (Å²) >= 11 is 6.11. The van der Waals surface area contributed by atoms with Crippen molar-refractivity contribution in [2.24, 2.45) is 0 Å². The number of anilines is 1. The Bertz CT molecular complexity index is 897. The average molecular weight is 393 g/mol. The zero-order valence-electron chi connectivity index (χ0n) is 15.0. The van der Waals surface area contributed by atoms with E-state index in [1.807, 2.05) is 0 Å². The highest BCUT2D eigenvalue weighted by molar-refractivity contribution is 6.35. The van der Waals surface area contributed by atoms with Crippen molar-refractivity contribution in [3.63, 3.8) is 0 Å². The maximum Gasteiger partial charge on any atom is 0.263 e. The van der Waals surface area contributed by atoms with Gasteiger partial charge in [-0.3, -0.25) is 14.4 Å². The number of likely N-dealkylation sites (N-methyl/N-ethyl adjacent to an activating group) is 1. The summed E-state index contributed by atoms with van der Waals surface area (Å²) < 4.78 is 20.5. The molecule has 2 heterocycles. The number of rotatable bonds is 2. The molecule has 0 radical (unpaired) electrons. The number of hydrogen-bond donors (Lipinski definition) is 0. The summed E-state index contributed by atoms with van der Waals surface area (Å²) in [4.78, 5) is 40.2. The van der Waals surface area contributed by atoms with E-state index in [9.17, 15) is 18.8 Å². The molecule has 8 heteroatoms. The number of fused-ring (bicyclic) bond motifs is 1. The van der Waals surface area contributed by atoms with Crippen LogP contribution >= 0.6 is 11.6 Å². The Morgan fingerprint density at radius 2 is 1.81 bits per heavy atom. The lowest BCUT2D eigenvalue weighted by atomic mass is 9.93. The van der Waals surface area contributed by atoms with Crippen LogP contribution in [0.2, 0.25) is 5.02 Å². The van der Waals surface area contributed by atoms with E-state index in [-0.39, 0.29) is 34.4 Å². The van der Waals surface area contributed by atoms with Crippen LogP contribution in [0.25, 0.3) is 0 Å². The highest BCUT2D eigenvalue weighted by atomic mass is 35.5. The molecular weight excluding hydrogens is 375 g/mol. The number of hydrogen-bond acceptors (Lipinski definition) is 4. The minimum Gasteiger partial charge on any atom is -0.478 e. The molecule has 0 bridgehead atoms. The van der Waals surface area contributed by atoms with E-state index in [0.717, 1.165) is 23.8 Å². The van der Waals surface area contributed by atoms with Crippen LogP contribution in [0.4, 0.5) is 10.1 Å². The zero-order chi connectivity index (χ0) is 19.5. The van der Waals surface area contributed by atoms with Gasteiger partial charge in [-0.25, -0.2) is 9.29 Å². The fourth-order valence-corrected chi connectivity index (χ4v) is 4.19. The fraction of sp³-hybridized carbons (Fsp3) is 0.421. The standard InChI is InChI=1S/C19H18ClFN2O4/c1-22(2)19(26)14-7-11-15(13(21)8-12(20)16(11)27-14)23-17(24)9-5-3-4-6-10(9)18(23)25/h8,14H,3-7H2,1-2H3. The molecule has 0 spiro atoms. The monoisotopic (exact) mass is 392 g/mol. The predicted octanol–water partition coefficient (Wildman–Crippen LogP) is 2.61. The molecule has 2 aliphatic heterocycles. The molecule has 0 N–H and O–H groups in total. The van der Waals surface area contributed by atoms with Crippen LogP contribution in [0.15, 0.2) is 17.2 Å². The molecular formula is C19H18ClFN2O4. The second-order valence-electron chi connectivity index (χ2n) is 7.15. The van der Waals surface area contributed by atoms with Crippen LogP contribution < -0.4 is 9.64 Å². The summed E-state index contributed by atoms with van der Waals surface area (Å²) in [5.74, 6) is -1.90. The SMILES string of the molecule is CN(C)C(=O)C1Cc2c(c(Cl)cc(F)c2N2C(=O)C3=C(CCCC3)C2=O)O1. The van der Waals surface area contributed by atoms with Gasteiger partial charge in [-0.15, -0.1) is 0 Å². The molecule has 6 nitrogen and oxygen atoms in total. The minimum atomic E-state index is -0.872. The normalized spacial score (nSPS) is 21.3. The number of benzene rings is 1. The number of halogens is 2. The molecule has 0 aromatic heterocycles. The van der Waals surface area contributed by atoms with Gasteiger partial charge in [0.05, 0.1) is 10.7 Å². The number of nitrogens with zero attached hydrogens (tertiary/aromatic N) is 2. The smallest absolute Gasteiger partial charge is 0.263 e. The van der Waals surface area contributed by atoms with Crippen molar-refractivity contribution in [3.05, 3.63) is 33.6 Å². The van der Waals surface area contributed by atoms with Crippen molar-refractivity contribution in [1.29, 1.82) is 0 Å². The lowest BCUT2D eigenvalue weighted by Gasteiger charge is -2.19. The Kier molecular flexibility index (Phi) is 4.22. The number of imide groups is 1. The Hall–Kier alpha value is -2.41. The highest BCUT2D eigenvalue weighted by Crippen LogP contribution is 2.46. The molecule has 3 amide bonds. The van der Waals surface area contributed by atoms with E-state index in [1.54, 1.807) is 14.1 Å². The lowest BCUT2D eigenvalue weighted by Crippen LogP contribution is -2.36. The van der Waals surface area contributed by atoms with E-state index in [2.05, 4.69) is 0 Å². The third-order valence-corrected chi connectivity index (χ3v) is 5.52. The topological polar surface area (TPSA) is 66.9 Å². The van der Waals surface area contributed by atoms with Crippen LogP contribution in [-0.2, 0) is 20.8 Å². The van der Waals surface area contributed by atoms with Gasteiger partial charge in [-0.05, 0) is 31.7 Å². The van der Waals surface area contributed by atoms with Gasteiger partial charge in [0.15, 0.2) is 6.10 Å². The minimum absolute atomic E-state index is 0.0112. The van der Waals surface area contributed by atoms with Crippen molar-refractivity contribution < 1.29 is 23.5 Å². The van der Waals surface area contributed by atoms with Gasteiger partial charge in [0.25, 0.3) is 17.7 Å². The van der Waals surface area contributed by atoms with Crippen LogP contribution in [0.3, 0.4) is 0 Å². The zero-order valence-corrected chi connectivity index (χ0v) is 15.7. The second-order valence-corrected chi connectivity index (χ2v) is 7.56. The van der Waals surface area contributed by atoms with E-state index < -0.39 is 23.7 Å². The van der Waals surface area contributed by atoms with Gasteiger partial charge in [0.2, 0.25) is 0 Å².